The molecule has 7 nitrogen and oxygen atoms in total. The molecule has 0 saturated heterocycles. The van der Waals surface area contributed by atoms with E-state index in [-0.39, 0.29) is 22.0 Å². The maximum absolute atomic E-state index is 12.1. The summed E-state index contributed by atoms with van der Waals surface area (Å²) in [6, 6.07) is 10.8. The number of hydrogen-bond donors (Lipinski definition) is 1. The Morgan fingerprint density at radius 3 is 2.37 bits per heavy atom. The van der Waals surface area contributed by atoms with Crippen LogP contribution in [0.2, 0.25) is 5.02 Å². The third kappa shape index (κ3) is 5.97. The van der Waals surface area contributed by atoms with Crippen LogP contribution in [0.4, 0.5) is 0 Å². The van der Waals surface area contributed by atoms with Gasteiger partial charge >= 0.3 is 5.97 Å². The predicted octanol–water partition coefficient (Wildman–Crippen LogP) is 2.23. The topological polar surface area (TPSA) is 98.8 Å². The van der Waals surface area contributed by atoms with Crippen LogP contribution in [0.3, 0.4) is 0 Å². The molecule has 0 atom stereocenters. The standard InChI is InChI=1S/C18H18ClNO6S/c1-25-13-5-3-12(4-6-13)10-20-17(21)11-26-18(22)15-9-14(27(2,23)24)7-8-16(15)19/h3-9H,10-11H2,1-2H3,(H,20,21). The van der Waals surface area contributed by atoms with Crippen molar-refractivity contribution < 1.29 is 27.5 Å². The molecule has 0 aliphatic rings. The lowest BCUT2D eigenvalue weighted by molar-refractivity contribution is -0.124. The predicted molar refractivity (Wildman–Crippen MR) is 99.7 cm³/mol. The average molecular weight is 412 g/mol. The molecule has 0 saturated carbocycles. The summed E-state index contributed by atoms with van der Waals surface area (Å²) in [4.78, 5) is 23.9. The maximum atomic E-state index is 12.1. The molecule has 0 bridgehead atoms. The zero-order chi connectivity index (χ0) is 20.0. The van der Waals surface area contributed by atoms with Gasteiger partial charge in [-0.15, -0.1) is 0 Å². The number of benzene rings is 2. The number of ether oxygens (including phenoxy) is 2. The molecular formula is C18H18ClNO6S. The number of halogens is 1. The van der Waals surface area contributed by atoms with Gasteiger partial charge < -0.3 is 14.8 Å². The minimum absolute atomic E-state index is 0.0334. The number of carbonyl (C=O) groups excluding carboxylic acids is 2. The number of hydrogen-bond acceptors (Lipinski definition) is 6. The van der Waals surface area contributed by atoms with Crippen molar-refractivity contribution in [2.75, 3.05) is 20.0 Å². The molecule has 0 radical (unpaired) electrons. The summed E-state index contributed by atoms with van der Waals surface area (Å²) >= 11 is 5.92. The molecule has 0 fully saturated rings. The highest BCUT2D eigenvalue weighted by atomic mass is 35.5. The normalized spacial score (nSPS) is 10.9. The average Bonchev–Trinajstić information content (AvgIpc) is 2.64. The van der Waals surface area contributed by atoms with E-state index >= 15 is 0 Å². The number of rotatable bonds is 7. The maximum Gasteiger partial charge on any atom is 0.340 e. The SMILES string of the molecule is COc1ccc(CNC(=O)COC(=O)c2cc(S(C)(=O)=O)ccc2Cl)cc1. The van der Waals surface area contributed by atoms with Crippen LogP contribution in [-0.2, 0) is 25.9 Å². The molecule has 0 spiro atoms. The molecule has 0 unspecified atom stereocenters. The van der Waals surface area contributed by atoms with Crippen LogP contribution in [0.5, 0.6) is 5.75 Å². The Morgan fingerprint density at radius 2 is 1.78 bits per heavy atom. The largest absolute Gasteiger partial charge is 0.497 e. The van der Waals surface area contributed by atoms with Crippen LogP contribution in [0, 0.1) is 0 Å². The van der Waals surface area contributed by atoms with Gasteiger partial charge in [0.25, 0.3) is 5.91 Å². The molecule has 2 aromatic rings. The van der Waals surface area contributed by atoms with Crippen LogP contribution >= 0.6 is 11.6 Å². The fourth-order valence-electron chi connectivity index (χ4n) is 2.10. The molecule has 2 rings (SSSR count). The first-order valence-corrected chi connectivity index (χ1v) is 10.0. The van der Waals surface area contributed by atoms with E-state index in [0.29, 0.717) is 5.75 Å². The van der Waals surface area contributed by atoms with Gasteiger partial charge in [-0.3, -0.25) is 4.79 Å². The summed E-state index contributed by atoms with van der Waals surface area (Å²) in [5, 5.41) is 2.64. The van der Waals surface area contributed by atoms with E-state index in [9.17, 15) is 18.0 Å². The summed E-state index contributed by atoms with van der Waals surface area (Å²) in [5.41, 5.74) is 0.724. The third-order valence-electron chi connectivity index (χ3n) is 3.57. The van der Waals surface area contributed by atoms with Crippen molar-refractivity contribution in [2.45, 2.75) is 11.4 Å². The summed E-state index contributed by atoms with van der Waals surface area (Å²) in [7, 11) is -1.95. The van der Waals surface area contributed by atoms with Gasteiger partial charge in [0.15, 0.2) is 16.4 Å². The van der Waals surface area contributed by atoms with Gasteiger partial charge in [0.1, 0.15) is 5.75 Å². The highest BCUT2D eigenvalue weighted by Gasteiger charge is 2.17. The minimum atomic E-state index is -3.51. The molecule has 0 aliphatic heterocycles. The van der Waals surface area contributed by atoms with E-state index in [1.165, 1.54) is 12.1 Å². The quantitative estimate of drug-likeness (QED) is 0.701. The first-order chi connectivity index (χ1) is 12.7. The van der Waals surface area contributed by atoms with Crippen LogP contribution in [-0.4, -0.2) is 40.3 Å². The van der Waals surface area contributed by atoms with Crippen molar-refractivity contribution in [3.8, 4) is 5.75 Å². The van der Waals surface area contributed by atoms with Crippen molar-refractivity contribution in [2.24, 2.45) is 0 Å². The van der Waals surface area contributed by atoms with E-state index in [0.717, 1.165) is 17.9 Å². The number of amides is 1. The Bertz CT molecular complexity index is 941. The van der Waals surface area contributed by atoms with Gasteiger partial charge in [-0.1, -0.05) is 23.7 Å². The van der Waals surface area contributed by atoms with E-state index in [1.807, 2.05) is 0 Å². The number of sulfone groups is 1. The molecule has 0 aromatic heterocycles. The van der Waals surface area contributed by atoms with Gasteiger partial charge in [-0.2, -0.15) is 0 Å². The third-order valence-corrected chi connectivity index (χ3v) is 5.01. The number of nitrogens with one attached hydrogen (secondary N) is 1. The Balaban J connectivity index is 1.92. The van der Waals surface area contributed by atoms with Gasteiger partial charge in [0, 0.05) is 12.8 Å². The molecule has 9 heteroatoms. The summed E-state index contributed by atoms with van der Waals surface area (Å²) in [6.07, 6.45) is 1.01. The Labute approximate surface area is 162 Å². The molecule has 1 amide bonds. The Kier molecular flexibility index (Phi) is 6.81. The van der Waals surface area contributed by atoms with Crippen LogP contribution < -0.4 is 10.1 Å². The molecular weight excluding hydrogens is 394 g/mol. The van der Waals surface area contributed by atoms with Crippen LogP contribution in [0.25, 0.3) is 0 Å². The molecule has 144 valence electrons. The lowest BCUT2D eigenvalue weighted by atomic mass is 10.2. The van der Waals surface area contributed by atoms with E-state index in [2.05, 4.69) is 5.32 Å². The first kappa shape index (κ1) is 20.7. The highest BCUT2D eigenvalue weighted by Crippen LogP contribution is 2.21. The van der Waals surface area contributed by atoms with Crippen molar-refractivity contribution in [1.29, 1.82) is 0 Å². The second-order valence-corrected chi connectivity index (χ2v) is 8.04. The van der Waals surface area contributed by atoms with E-state index in [4.69, 9.17) is 21.1 Å². The Morgan fingerprint density at radius 1 is 1.11 bits per heavy atom. The van der Waals surface area contributed by atoms with Crippen molar-refractivity contribution in [3.05, 3.63) is 58.6 Å². The Hall–Kier alpha value is -2.58. The molecule has 0 aliphatic carbocycles. The lowest BCUT2D eigenvalue weighted by Gasteiger charge is -2.09. The van der Waals surface area contributed by atoms with Crippen molar-refractivity contribution >= 4 is 33.3 Å². The molecule has 2 aromatic carbocycles. The zero-order valence-electron chi connectivity index (χ0n) is 14.7. The summed E-state index contributed by atoms with van der Waals surface area (Å²) in [6.45, 7) is -0.265. The second kappa shape index (κ2) is 8.88. The van der Waals surface area contributed by atoms with E-state index in [1.54, 1.807) is 31.4 Å². The fourth-order valence-corrected chi connectivity index (χ4v) is 2.94. The van der Waals surface area contributed by atoms with Crippen molar-refractivity contribution in [3.63, 3.8) is 0 Å². The zero-order valence-corrected chi connectivity index (χ0v) is 16.3. The second-order valence-electron chi connectivity index (χ2n) is 5.61. The molecule has 1 N–H and O–H groups in total. The van der Waals surface area contributed by atoms with Gasteiger partial charge in [0.05, 0.1) is 22.6 Å². The van der Waals surface area contributed by atoms with Gasteiger partial charge in [-0.25, -0.2) is 13.2 Å². The number of carbonyl (C=O) groups is 2. The first-order valence-electron chi connectivity index (χ1n) is 7.77. The minimum Gasteiger partial charge on any atom is -0.497 e. The molecule has 0 heterocycles. The smallest absolute Gasteiger partial charge is 0.340 e. The summed E-state index contributed by atoms with van der Waals surface area (Å²) < 4.78 is 33.1. The lowest BCUT2D eigenvalue weighted by Crippen LogP contribution is -2.28. The number of methoxy groups -OCH3 is 1. The van der Waals surface area contributed by atoms with E-state index < -0.39 is 28.3 Å². The van der Waals surface area contributed by atoms with Crippen LogP contribution in [0.1, 0.15) is 15.9 Å². The number of esters is 1. The van der Waals surface area contributed by atoms with Crippen LogP contribution in [0.15, 0.2) is 47.4 Å². The van der Waals surface area contributed by atoms with Crippen molar-refractivity contribution in [1.82, 2.24) is 5.32 Å². The highest BCUT2D eigenvalue weighted by molar-refractivity contribution is 7.90. The van der Waals surface area contributed by atoms with Gasteiger partial charge in [0.2, 0.25) is 0 Å². The monoisotopic (exact) mass is 411 g/mol. The molecule has 27 heavy (non-hydrogen) atoms. The van der Waals surface area contributed by atoms with Gasteiger partial charge in [-0.05, 0) is 35.9 Å². The fraction of sp³-hybridized carbons (Fsp3) is 0.222. The summed E-state index contributed by atoms with van der Waals surface area (Å²) in [5.74, 6) is -0.688.